The van der Waals surface area contributed by atoms with E-state index >= 15 is 0 Å². The van der Waals surface area contributed by atoms with Crippen LogP contribution >= 0.6 is 0 Å². The summed E-state index contributed by atoms with van der Waals surface area (Å²) >= 11 is 0. The van der Waals surface area contributed by atoms with Crippen LogP contribution in [-0.4, -0.2) is 19.6 Å². The van der Waals surface area contributed by atoms with Crippen LogP contribution in [0.15, 0.2) is 146 Å². The SMILES string of the molecule is Oc1cc(-c2ccccc2)cc2cc(-c3ccccc3)c(Oc3ccc4c5ccccc5n(-c5ccccn5)c4c3)nc12. The van der Waals surface area contributed by atoms with Crippen molar-refractivity contribution in [3.8, 4) is 45.5 Å². The molecule has 0 bridgehead atoms. The first-order valence-electron chi connectivity index (χ1n) is 14.1. The molecule has 204 valence electrons. The number of aromatic nitrogens is 3. The summed E-state index contributed by atoms with van der Waals surface area (Å²) in [6.45, 7) is 0. The van der Waals surface area contributed by atoms with Crippen molar-refractivity contribution in [3.63, 3.8) is 0 Å². The standard InChI is InChI=1S/C38H25N3O2/c42-35-23-27(25-11-3-1-4-12-25)21-28-22-32(26-13-5-2-6-14-26)38(40-37(28)35)43-29-18-19-31-30-15-7-8-16-33(30)41(34(31)24-29)36-17-9-10-20-39-36/h1-24,42H. The molecule has 3 heterocycles. The highest BCUT2D eigenvalue weighted by molar-refractivity contribution is 6.09. The predicted molar refractivity (Wildman–Crippen MR) is 173 cm³/mol. The van der Waals surface area contributed by atoms with Gasteiger partial charge >= 0.3 is 0 Å². The van der Waals surface area contributed by atoms with E-state index in [0.29, 0.717) is 17.1 Å². The number of phenolic OH excluding ortho intramolecular Hbond substituents is 1. The Morgan fingerprint density at radius 2 is 1.30 bits per heavy atom. The van der Waals surface area contributed by atoms with Crippen molar-refractivity contribution < 1.29 is 9.84 Å². The second-order valence-corrected chi connectivity index (χ2v) is 10.5. The van der Waals surface area contributed by atoms with E-state index in [4.69, 9.17) is 9.72 Å². The van der Waals surface area contributed by atoms with Gasteiger partial charge in [-0.05, 0) is 65.2 Å². The third-order valence-corrected chi connectivity index (χ3v) is 7.79. The van der Waals surface area contributed by atoms with Crippen LogP contribution in [0.4, 0.5) is 0 Å². The highest BCUT2D eigenvalue weighted by Crippen LogP contribution is 2.40. The number of hydrogen-bond acceptors (Lipinski definition) is 4. The van der Waals surface area contributed by atoms with E-state index in [0.717, 1.165) is 55.3 Å². The number of ether oxygens (including phenoxy) is 1. The zero-order chi connectivity index (χ0) is 28.8. The van der Waals surface area contributed by atoms with Crippen molar-refractivity contribution in [2.45, 2.75) is 0 Å². The lowest BCUT2D eigenvalue weighted by Gasteiger charge is -2.14. The Hall–Kier alpha value is -5.94. The second kappa shape index (κ2) is 10.2. The summed E-state index contributed by atoms with van der Waals surface area (Å²) in [5, 5.41) is 14.2. The quantitative estimate of drug-likeness (QED) is 0.230. The molecule has 1 N–H and O–H groups in total. The van der Waals surface area contributed by atoms with Gasteiger partial charge in [-0.25, -0.2) is 9.97 Å². The number of aromatic hydroxyl groups is 1. The van der Waals surface area contributed by atoms with E-state index in [1.165, 1.54) is 0 Å². The number of phenols is 1. The van der Waals surface area contributed by atoms with Crippen molar-refractivity contribution in [2.24, 2.45) is 0 Å². The summed E-state index contributed by atoms with van der Waals surface area (Å²) in [5.41, 5.74) is 6.29. The van der Waals surface area contributed by atoms with Crippen LogP contribution in [0.1, 0.15) is 0 Å². The van der Waals surface area contributed by atoms with Gasteiger partial charge in [-0.15, -0.1) is 0 Å². The molecular weight excluding hydrogens is 530 g/mol. The first kappa shape index (κ1) is 24.8. The lowest BCUT2D eigenvalue weighted by atomic mass is 10.00. The minimum absolute atomic E-state index is 0.103. The van der Waals surface area contributed by atoms with Crippen LogP contribution < -0.4 is 4.74 Å². The lowest BCUT2D eigenvalue weighted by Crippen LogP contribution is -1.97. The molecule has 8 aromatic rings. The first-order valence-corrected chi connectivity index (χ1v) is 14.1. The van der Waals surface area contributed by atoms with Crippen LogP contribution in [-0.2, 0) is 0 Å². The molecule has 0 radical (unpaired) electrons. The van der Waals surface area contributed by atoms with Gasteiger partial charge < -0.3 is 9.84 Å². The zero-order valence-electron chi connectivity index (χ0n) is 23.1. The maximum absolute atomic E-state index is 11.1. The minimum atomic E-state index is 0.103. The van der Waals surface area contributed by atoms with Crippen LogP contribution in [0.25, 0.3) is 60.8 Å². The number of fused-ring (bicyclic) bond motifs is 4. The first-order chi connectivity index (χ1) is 21.2. The molecule has 0 saturated heterocycles. The van der Waals surface area contributed by atoms with Crippen LogP contribution in [0.5, 0.6) is 17.4 Å². The van der Waals surface area contributed by atoms with Gasteiger partial charge in [0, 0.05) is 34.0 Å². The molecule has 0 aliphatic carbocycles. The molecule has 0 atom stereocenters. The molecule has 5 heteroatoms. The number of rotatable bonds is 5. The molecule has 0 aliphatic heterocycles. The molecule has 0 fully saturated rings. The number of benzene rings is 5. The largest absolute Gasteiger partial charge is 0.506 e. The van der Waals surface area contributed by atoms with Crippen LogP contribution in [0.2, 0.25) is 0 Å². The number of nitrogens with zero attached hydrogens (tertiary/aromatic N) is 3. The van der Waals surface area contributed by atoms with E-state index in [1.54, 1.807) is 12.3 Å². The van der Waals surface area contributed by atoms with E-state index < -0.39 is 0 Å². The highest BCUT2D eigenvalue weighted by Gasteiger charge is 2.17. The summed E-state index contributed by atoms with van der Waals surface area (Å²) in [5.74, 6) is 1.99. The van der Waals surface area contributed by atoms with Crippen molar-refractivity contribution in [3.05, 3.63) is 146 Å². The molecular formula is C38H25N3O2. The van der Waals surface area contributed by atoms with Gasteiger partial charge in [0.25, 0.3) is 0 Å². The highest BCUT2D eigenvalue weighted by atomic mass is 16.5. The summed E-state index contributed by atoms with van der Waals surface area (Å²) < 4.78 is 8.73. The van der Waals surface area contributed by atoms with E-state index in [2.05, 4.69) is 39.9 Å². The second-order valence-electron chi connectivity index (χ2n) is 10.5. The molecule has 0 amide bonds. The fourth-order valence-corrected chi connectivity index (χ4v) is 5.81. The summed E-state index contributed by atoms with van der Waals surface area (Å²) in [6.07, 6.45) is 1.80. The molecule has 3 aromatic heterocycles. The van der Waals surface area contributed by atoms with Gasteiger partial charge in [-0.2, -0.15) is 0 Å². The number of pyridine rings is 2. The van der Waals surface area contributed by atoms with Gasteiger partial charge in [0.1, 0.15) is 22.8 Å². The van der Waals surface area contributed by atoms with Crippen molar-refractivity contribution in [1.29, 1.82) is 0 Å². The Kier molecular flexibility index (Phi) is 5.86. The van der Waals surface area contributed by atoms with E-state index in [1.807, 2.05) is 103 Å². The van der Waals surface area contributed by atoms with Crippen molar-refractivity contribution >= 4 is 32.7 Å². The number of hydrogen-bond donors (Lipinski definition) is 1. The predicted octanol–water partition coefficient (Wildman–Crippen LogP) is 9.56. The lowest BCUT2D eigenvalue weighted by molar-refractivity contribution is 0.462. The van der Waals surface area contributed by atoms with Gasteiger partial charge in [0.05, 0.1) is 11.0 Å². The summed E-state index contributed by atoms with van der Waals surface area (Å²) in [6, 6.07) is 46.3. The van der Waals surface area contributed by atoms with E-state index in [-0.39, 0.29) is 5.75 Å². The Bertz CT molecular complexity index is 2260. The van der Waals surface area contributed by atoms with Gasteiger partial charge in [-0.1, -0.05) is 84.9 Å². The topological polar surface area (TPSA) is 60.2 Å². The maximum Gasteiger partial charge on any atom is 0.227 e. The molecule has 0 unspecified atom stereocenters. The smallest absolute Gasteiger partial charge is 0.227 e. The molecule has 43 heavy (non-hydrogen) atoms. The Balaban J connectivity index is 1.31. The summed E-state index contributed by atoms with van der Waals surface area (Å²) in [7, 11) is 0. The normalized spacial score (nSPS) is 11.3. The van der Waals surface area contributed by atoms with Crippen molar-refractivity contribution in [1.82, 2.24) is 14.5 Å². The van der Waals surface area contributed by atoms with Crippen LogP contribution in [0, 0.1) is 0 Å². The fourth-order valence-electron chi connectivity index (χ4n) is 5.81. The fraction of sp³-hybridized carbons (Fsp3) is 0. The average Bonchev–Trinajstić information content (AvgIpc) is 3.39. The zero-order valence-corrected chi connectivity index (χ0v) is 23.1. The molecule has 5 aromatic carbocycles. The van der Waals surface area contributed by atoms with E-state index in [9.17, 15) is 5.11 Å². The molecule has 0 spiro atoms. The molecule has 8 rings (SSSR count). The van der Waals surface area contributed by atoms with Gasteiger partial charge in [0.2, 0.25) is 5.88 Å². The number of para-hydroxylation sites is 1. The minimum Gasteiger partial charge on any atom is -0.506 e. The van der Waals surface area contributed by atoms with Crippen LogP contribution in [0.3, 0.4) is 0 Å². The Labute approximate surface area is 247 Å². The summed E-state index contributed by atoms with van der Waals surface area (Å²) in [4.78, 5) is 9.54. The third kappa shape index (κ3) is 4.35. The molecule has 5 nitrogen and oxygen atoms in total. The average molecular weight is 556 g/mol. The van der Waals surface area contributed by atoms with Crippen molar-refractivity contribution in [2.75, 3.05) is 0 Å². The Morgan fingerprint density at radius 1 is 0.581 bits per heavy atom. The molecule has 0 aliphatic rings. The van der Waals surface area contributed by atoms with Gasteiger partial charge in [-0.3, -0.25) is 4.57 Å². The van der Waals surface area contributed by atoms with Gasteiger partial charge in [0.15, 0.2) is 0 Å². The molecule has 0 saturated carbocycles. The monoisotopic (exact) mass is 555 g/mol. The Morgan fingerprint density at radius 3 is 2.09 bits per heavy atom. The third-order valence-electron chi connectivity index (χ3n) is 7.79. The maximum atomic E-state index is 11.1.